The maximum atomic E-state index is 13.0. The largest absolute Gasteiger partial charge is 0.391 e. The van der Waals surface area contributed by atoms with Crippen LogP contribution >= 0.6 is 11.6 Å². The lowest BCUT2D eigenvalue weighted by molar-refractivity contribution is 0.194. The van der Waals surface area contributed by atoms with Crippen LogP contribution in [0, 0.1) is 5.82 Å². The van der Waals surface area contributed by atoms with E-state index in [1.54, 1.807) is 0 Å². The molecule has 1 aromatic carbocycles. The summed E-state index contributed by atoms with van der Waals surface area (Å²) in [6.45, 7) is 0.436. The summed E-state index contributed by atoms with van der Waals surface area (Å²) in [4.78, 5) is 0.437. The van der Waals surface area contributed by atoms with E-state index in [2.05, 4.69) is 5.32 Å². The van der Waals surface area contributed by atoms with Crippen LogP contribution < -0.4 is 5.32 Å². The Balaban J connectivity index is 1.87. The molecule has 0 radical (unpaired) electrons. The highest BCUT2D eigenvalue weighted by Crippen LogP contribution is 2.20. The predicted molar refractivity (Wildman–Crippen MR) is 69.7 cm³/mol. The monoisotopic (exact) mass is 291 g/mol. The van der Waals surface area contributed by atoms with Gasteiger partial charge in [0, 0.05) is 17.5 Å². The van der Waals surface area contributed by atoms with Crippen molar-refractivity contribution in [3.05, 3.63) is 29.0 Å². The zero-order valence-corrected chi connectivity index (χ0v) is 11.3. The minimum absolute atomic E-state index is 0.0496. The quantitative estimate of drug-likeness (QED) is 0.839. The smallest absolute Gasteiger partial charge is 0.141 e. The Labute approximate surface area is 113 Å². The minimum atomic E-state index is -1.37. The van der Waals surface area contributed by atoms with Gasteiger partial charge in [0.05, 0.1) is 27.7 Å². The van der Waals surface area contributed by atoms with Crippen molar-refractivity contribution < 1.29 is 13.7 Å². The summed E-state index contributed by atoms with van der Waals surface area (Å²) in [6, 6.07) is 4.46. The third kappa shape index (κ3) is 4.02. The molecule has 2 unspecified atom stereocenters. The molecule has 1 aliphatic carbocycles. The fraction of sp³-hybridized carbons (Fsp3) is 0.500. The van der Waals surface area contributed by atoms with E-state index in [-0.39, 0.29) is 10.8 Å². The topological polar surface area (TPSA) is 49.3 Å². The highest BCUT2D eigenvalue weighted by molar-refractivity contribution is 7.85. The number of hydrogen-bond donors (Lipinski definition) is 2. The van der Waals surface area contributed by atoms with Crippen LogP contribution in [0.4, 0.5) is 4.39 Å². The Kier molecular flexibility index (Phi) is 4.72. The maximum Gasteiger partial charge on any atom is 0.141 e. The first kappa shape index (κ1) is 13.9. The van der Waals surface area contributed by atoms with Crippen molar-refractivity contribution in [3.63, 3.8) is 0 Å². The summed E-state index contributed by atoms with van der Waals surface area (Å²) in [6.07, 6.45) is 1.61. The zero-order chi connectivity index (χ0) is 13.1. The SMILES string of the molecule is O=S(CC(O)CNC1CC1)c1ccc(F)c(Cl)c1. The second kappa shape index (κ2) is 6.10. The third-order valence-corrected chi connectivity index (χ3v) is 4.47. The van der Waals surface area contributed by atoms with Gasteiger partial charge < -0.3 is 10.4 Å². The Hall–Kier alpha value is -0.490. The van der Waals surface area contributed by atoms with Gasteiger partial charge in [-0.1, -0.05) is 11.6 Å². The maximum absolute atomic E-state index is 13.0. The molecule has 0 aromatic heterocycles. The molecule has 2 N–H and O–H groups in total. The molecule has 0 bridgehead atoms. The van der Waals surface area contributed by atoms with E-state index < -0.39 is 22.7 Å². The number of aliphatic hydroxyl groups is 1. The van der Waals surface area contributed by atoms with Crippen LogP contribution in [-0.4, -0.2) is 33.8 Å². The molecule has 1 aliphatic rings. The van der Waals surface area contributed by atoms with Gasteiger partial charge in [-0.2, -0.15) is 0 Å². The first-order valence-electron chi connectivity index (χ1n) is 5.81. The van der Waals surface area contributed by atoms with E-state index in [1.807, 2.05) is 0 Å². The Morgan fingerprint density at radius 1 is 1.56 bits per heavy atom. The number of rotatable bonds is 6. The Morgan fingerprint density at radius 3 is 2.89 bits per heavy atom. The van der Waals surface area contributed by atoms with Crippen LogP contribution in [0.2, 0.25) is 5.02 Å². The predicted octanol–water partition coefficient (Wildman–Crippen LogP) is 1.70. The van der Waals surface area contributed by atoms with Crippen LogP contribution in [0.1, 0.15) is 12.8 Å². The molecule has 100 valence electrons. The second-order valence-corrected chi connectivity index (χ2v) is 6.33. The fourth-order valence-electron chi connectivity index (χ4n) is 1.54. The molecule has 0 heterocycles. The molecule has 1 aromatic rings. The van der Waals surface area contributed by atoms with Gasteiger partial charge in [0.15, 0.2) is 0 Å². The van der Waals surface area contributed by atoms with Crippen LogP contribution in [0.3, 0.4) is 0 Å². The molecule has 1 saturated carbocycles. The summed E-state index contributed by atoms with van der Waals surface area (Å²) in [5, 5.41) is 12.8. The van der Waals surface area contributed by atoms with Crippen molar-refractivity contribution in [2.24, 2.45) is 0 Å². The minimum Gasteiger partial charge on any atom is -0.391 e. The highest BCUT2D eigenvalue weighted by Gasteiger charge is 2.22. The van der Waals surface area contributed by atoms with E-state index in [9.17, 15) is 13.7 Å². The second-order valence-electron chi connectivity index (χ2n) is 4.42. The molecule has 0 amide bonds. The van der Waals surface area contributed by atoms with Crippen molar-refractivity contribution in [2.75, 3.05) is 12.3 Å². The van der Waals surface area contributed by atoms with Crippen molar-refractivity contribution in [2.45, 2.75) is 29.9 Å². The number of aliphatic hydroxyl groups excluding tert-OH is 1. The first-order valence-corrected chi connectivity index (χ1v) is 7.51. The average Bonchev–Trinajstić information content (AvgIpc) is 3.14. The summed E-state index contributed by atoms with van der Waals surface area (Å²) in [7, 11) is -1.37. The molecular weight excluding hydrogens is 277 g/mol. The van der Waals surface area contributed by atoms with Crippen molar-refractivity contribution in [3.8, 4) is 0 Å². The number of halogens is 2. The fourth-order valence-corrected chi connectivity index (χ4v) is 2.91. The molecule has 0 aliphatic heterocycles. The lowest BCUT2D eigenvalue weighted by atomic mass is 10.3. The molecule has 2 atom stereocenters. The van der Waals surface area contributed by atoms with Gasteiger partial charge in [-0.25, -0.2) is 4.39 Å². The van der Waals surface area contributed by atoms with Crippen molar-refractivity contribution in [1.82, 2.24) is 5.32 Å². The van der Waals surface area contributed by atoms with E-state index in [0.29, 0.717) is 17.5 Å². The van der Waals surface area contributed by atoms with Gasteiger partial charge in [-0.05, 0) is 31.0 Å². The van der Waals surface area contributed by atoms with Gasteiger partial charge in [0.1, 0.15) is 5.82 Å². The summed E-state index contributed by atoms with van der Waals surface area (Å²) >= 11 is 5.62. The van der Waals surface area contributed by atoms with E-state index in [1.165, 1.54) is 18.2 Å². The van der Waals surface area contributed by atoms with Crippen LogP contribution in [0.15, 0.2) is 23.1 Å². The molecule has 18 heavy (non-hydrogen) atoms. The van der Waals surface area contributed by atoms with Crippen LogP contribution in [-0.2, 0) is 10.8 Å². The van der Waals surface area contributed by atoms with E-state index in [4.69, 9.17) is 11.6 Å². The summed E-state index contributed by atoms with van der Waals surface area (Å²) in [5.74, 6) is -0.407. The molecule has 3 nitrogen and oxygen atoms in total. The Bertz CT molecular complexity index is 454. The third-order valence-electron chi connectivity index (χ3n) is 2.72. The summed E-state index contributed by atoms with van der Waals surface area (Å²) in [5.41, 5.74) is 0. The normalized spacial score (nSPS) is 18.6. The molecule has 0 spiro atoms. The molecule has 1 fully saturated rings. The van der Waals surface area contributed by atoms with Gasteiger partial charge >= 0.3 is 0 Å². The van der Waals surface area contributed by atoms with Crippen molar-refractivity contribution in [1.29, 1.82) is 0 Å². The molecular formula is C12H15ClFNO2S. The number of benzene rings is 1. The lowest BCUT2D eigenvalue weighted by Gasteiger charge is -2.11. The van der Waals surface area contributed by atoms with E-state index >= 15 is 0 Å². The summed E-state index contributed by atoms with van der Waals surface area (Å²) < 4.78 is 24.9. The van der Waals surface area contributed by atoms with Gasteiger partial charge in [0.2, 0.25) is 0 Å². The van der Waals surface area contributed by atoms with E-state index in [0.717, 1.165) is 12.8 Å². The van der Waals surface area contributed by atoms with Gasteiger partial charge in [-0.15, -0.1) is 0 Å². The van der Waals surface area contributed by atoms with Gasteiger partial charge in [0.25, 0.3) is 0 Å². The average molecular weight is 292 g/mol. The lowest BCUT2D eigenvalue weighted by Crippen LogP contribution is -2.32. The molecule has 2 rings (SSSR count). The van der Waals surface area contributed by atoms with Crippen LogP contribution in [0.5, 0.6) is 0 Å². The number of hydrogen-bond acceptors (Lipinski definition) is 3. The highest BCUT2D eigenvalue weighted by atomic mass is 35.5. The van der Waals surface area contributed by atoms with Gasteiger partial charge in [-0.3, -0.25) is 4.21 Å². The zero-order valence-electron chi connectivity index (χ0n) is 9.73. The van der Waals surface area contributed by atoms with Crippen LogP contribution in [0.25, 0.3) is 0 Å². The van der Waals surface area contributed by atoms with Crippen molar-refractivity contribution >= 4 is 22.4 Å². The molecule has 6 heteroatoms. The number of nitrogens with one attached hydrogen (secondary N) is 1. The first-order chi connectivity index (χ1) is 8.56. The molecule has 0 saturated heterocycles. The standard InChI is InChI=1S/C12H15ClFNO2S/c13-11-5-10(3-4-12(11)14)18(17)7-9(16)6-15-8-1-2-8/h3-5,8-9,15-16H,1-2,6-7H2. The Morgan fingerprint density at radius 2 is 2.28 bits per heavy atom.